The number of aromatic amines is 1. The highest BCUT2D eigenvalue weighted by Crippen LogP contribution is 2.11. The van der Waals surface area contributed by atoms with Crippen LogP contribution >= 0.6 is 0 Å². The number of nitrogens with zero attached hydrogens (tertiary/aromatic N) is 1. The molecule has 17 heavy (non-hydrogen) atoms. The second kappa shape index (κ2) is 7.84. The minimum atomic E-state index is -0.0383. The first-order valence-electron chi connectivity index (χ1n) is 6.14. The molecule has 1 amide bonds. The van der Waals surface area contributed by atoms with Crippen LogP contribution in [0.15, 0.2) is 12.4 Å². The summed E-state index contributed by atoms with van der Waals surface area (Å²) < 4.78 is 5.28. The Morgan fingerprint density at radius 2 is 2.35 bits per heavy atom. The predicted molar refractivity (Wildman–Crippen MR) is 65.5 cm³/mol. The fraction of sp³-hybridized carbons (Fsp3) is 0.667. The number of aromatic nitrogens is 2. The third-order valence-electron chi connectivity index (χ3n) is 2.41. The summed E-state index contributed by atoms with van der Waals surface area (Å²) in [6.45, 7) is 5.25. The van der Waals surface area contributed by atoms with Gasteiger partial charge in [0.1, 0.15) is 5.82 Å². The zero-order chi connectivity index (χ0) is 12.5. The first-order chi connectivity index (χ1) is 8.27. The van der Waals surface area contributed by atoms with Crippen LogP contribution in [-0.2, 0) is 9.53 Å². The number of rotatable bonds is 8. The molecule has 0 saturated heterocycles. The quantitative estimate of drug-likeness (QED) is 0.680. The molecule has 96 valence electrons. The van der Waals surface area contributed by atoms with E-state index in [4.69, 9.17) is 4.74 Å². The molecule has 0 bridgehead atoms. The molecule has 1 unspecified atom stereocenters. The molecule has 1 atom stereocenters. The molecule has 1 rings (SSSR count). The lowest BCUT2D eigenvalue weighted by molar-refractivity contribution is -0.123. The standard InChI is InChI=1S/C12H21N3O2/c1-3-8-17-9-5-11(16)15-10(4-2)12-13-6-7-14-12/h6-7,10H,3-5,8-9H2,1-2H3,(H,13,14)(H,15,16). The molecule has 1 heterocycles. The van der Waals surface area contributed by atoms with Gasteiger partial charge in [-0.3, -0.25) is 4.79 Å². The molecule has 0 saturated carbocycles. The molecular formula is C12H21N3O2. The van der Waals surface area contributed by atoms with Crippen molar-refractivity contribution < 1.29 is 9.53 Å². The molecule has 1 aromatic heterocycles. The third-order valence-corrected chi connectivity index (χ3v) is 2.41. The zero-order valence-electron chi connectivity index (χ0n) is 10.5. The largest absolute Gasteiger partial charge is 0.381 e. The van der Waals surface area contributed by atoms with Crippen molar-refractivity contribution in [2.75, 3.05) is 13.2 Å². The van der Waals surface area contributed by atoms with E-state index in [-0.39, 0.29) is 11.9 Å². The molecule has 0 aromatic carbocycles. The van der Waals surface area contributed by atoms with Crippen LogP contribution in [0.4, 0.5) is 0 Å². The van der Waals surface area contributed by atoms with Crippen molar-refractivity contribution in [2.45, 2.75) is 39.2 Å². The lowest BCUT2D eigenvalue weighted by Crippen LogP contribution is -2.29. The Morgan fingerprint density at radius 3 is 2.94 bits per heavy atom. The summed E-state index contributed by atoms with van der Waals surface area (Å²) in [5.74, 6) is 0.805. The Labute approximate surface area is 102 Å². The van der Waals surface area contributed by atoms with E-state index >= 15 is 0 Å². The van der Waals surface area contributed by atoms with E-state index in [2.05, 4.69) is 15.3 Å². The summed E-state index contributed by atoms with van der Waals surface area (Å²) >= 11 is 0. The summed E-state index contributed by atoms with van der Waals surface area (Å²) in [5, 5.41) is 2.93. The van der Waals surface area contributed by atoms with Crippen LogP contribution in [0, 0.1) is 0 Å². The maximum absolute atomic E-state index is 11.6. The third kappa shape index (κ3) is 4.99. The van der Waals surface area contributed by atoms with E-state index in [1.165, 1.54) is 0 Å². The molecule has 0 fully saturated rings. The summed E-state index contributed by atoms with van der Waals surface area (Å²) in [7, 11) is 0. The highest BCUT2D eigenvalue weighted by atomic mass is 16.5. The van der Waals surface area contributed by atoms with Gasteiger partial charge in [0, 0.05) is 25.4 Å². The van der Waals surface area contributed by atoms with Gasteiger partial charge in [0.15, 0.2) is 0 Å². The van der Waals surface area contributed by atoms with Crippen LogP contribution in [0.2, 0.25) is 0 Å². The van der Waals surface area contributed by atoms with Crippen molar-refractivity contribution in [1.82, 2.24) is 15.3 Å². The van der Waals surface area contributed by atoms with Crippen LogP contribution < -0.4 is 5.32 Å². The maximum Gasteiger partial charge on any atom is 0.222 e. The van der Waals surface area contributed by atoms with Crippen LogP contribution in [0.25, 0.3) is 0 Å². The van der Waals surface area contributed by atoms with Gasteiger partial charge in [-0.05, 0) is 12.8 Å². The number of hydrogen-bond acceptors (Lipinski definition) is 3. The lowest BCUT2D eigenvalue weighted by atomic mass is 10.2. The summed E-state index contributed by atoms with van der Waals surface area (Å²) in [4.78, 5) is 18.8. The van der Waals surface area contributed by atoms with E-state index in [0.29, 0.717) is 19.6 Å². The highest BCUT2D eigenvalue weighted by molar-refractivity contribution is 5.76. The highest BCUT2D eigenvalue weighted by Gasteiger charge is 2.14. The number of H-pyrrole nitrogens is 1. The lowest BCUT2D eigenvalue weighted by Gasteiger charge is -2.14. The number of carbonyl (C=O) groups is 1. The van der Waals surface area contributed by atoms with Crippen molar-refractivity contribution in [3.8, 4) is 0 Å². The summed E-state index contributed by atoms with van der Waals surface area (Å²) in [6, 6.07) is -0.0383. The minimum absolute atomic E-state index is 0.00403. The van der Waals surface area contributed by atoms with Gasteiger partial charge in [-0.1, -0.05) is 13.8 Å². The Bertz CT molecular complexity index is 312. The Kier molecular flexibility index (Phi) is 6.32. The van der Waals surface area contributed by atoms with Gasteiger partial charge in [0.2, 0.25) is 5.91 Å². The molecule has 5 heteroatoms. The van der Waals surface area contributed by atoms with Crippen molar-refractivity contribution in [3.63, 3.8) is 0 Å². The van der Waals surface area contributed by atoms with E-state index in [0.717, 1.165) is 18.7 Å². The monoisotopic (exact) mass is 239 g/mol. The Morgan fingerprint density at radius 1 is 1.53 bits per heavy atom. The molecule has 0 radical (unpaired) electrons. The van der Waals surface area contributed by atoms with Crippen molar-refractivity contribution in [3.05, 3.63) is 18.2 Å². The summed E-state index contributed by atoms with van der Waals surface area (Å²) in [6.07, 6.45) is 5.64. The number of imidazole rings is 1. The normalized spacial score (nSPS) is 12.4. The zero-order valence-corrected chi connectivity index (χ0v) is 10.5. The molecule has 5 nitrogen and oxygen atoms in total. The van der Waals surface area contributed by atoms with Crippen molar-refractivity contribution >= 4 is 5.91 Å². The second-order valence-electron chi connectivity index (χ2n) is 3.87. The van der Waals surface area contributed by atoms with Crippen molar-refractivity contribution in [2.24, 2.45) is 0 Å². The number of nitrogens with one attached hydrogen (secondary N) is 2. The number of hydrogen-bond donors (Lipinski definition) is 2. The number of amides is 1. The van der Waals surface area contributed by atoms with Crippen LogP contribution in [0.3, 0.4) is 0 Å². The van der Waals surface area contributed by atoms with Crippen molar-refractivity contribution in [1.29, 1.82) is 0 Å². The van der Waals surface area contributed by atoms with Crippen LogP contribution in [-0.4, -0.2) is 29.1 Å². The first kappa shape index (κ1) is 13.7. The van der Waals surface area contributed by atoms with Gasteiger partial charge in [-0.25, -0.2) is 4.98 Å². The molecule has 0 aliphatic rings. The average Bonchev–Trinajstić information content (AvgIpc) is 2.85. The molecule has 1 aromatic rings. The number of ether oxygens (including phenoxy) is 1. The van der Waals surface area contributed by atoms with Gasteiger partial charge in [-0.15, -0.1) is 0 Å². The van der Waals surface area contributed by atoms with E-state index in [1.54, 1.807) is 12.4 Å². The fourth-order valence-corrected chi connectivity index (χ4v) is 1.51. The molecular weight excluding hydrogens is 218 g/mol. The average molecular weight is 239 g/mol. The van der Waals surface area contributed by atoms with Gasteiger partial charge in [0.05, 0.1) is 12.6 Å². The van der Waals surface area contributed by atoms with Gasteiger partial charge >= 0.3 is 0 Å². The van der Waals surface area contributed by atoms with E-state index in [9.17, 15) is 4.79 Å². The van der Waals surface area contributed by atoms with Gasteiger partial charge in [0.25, 0.3) is 0 Å². The smallest absolute Gasteiger partial charge is 0.222 e. The fourth-order valence-electron chi connectivity index (χ4n) is 1.51. The van der Waals surface area contributed by atoms with E-state index in [1.807, 2.05) is 13.8 Å². The predicted octanol–water partition coefficient (Wildman–Crippen LogP) is 1.79. The molecule has 0 spiro atoms. The minimum Gasteiger partial charge on any atom is -0.381 e. The number of carbonyl (C=O) groups excluding carboxylic acids is 1. The SMILES string of the molecule is CCCOCCC(=O)NC(CC)c1ncc[nH]1. The topological polar surface area (TPSA) is 67.0 Å². The maximum atomic E-state index is 11.6. The van der Waals surface area contributed by atoms with E-state index < -0.39 is 0 Å². The Balaban J connectivity index is 2.28. The molecule has 0 aliphatic carbocycles. The van der Waals surface area contributed by atoms with Crippen LogP contribution in [0.1, 0.15) is 45.0 Å². The molecule has 2 N–H and O–H groups in total. The first-order valence-corrected chi connectivity index (χ1v) is 6.14. The second-order valence-corrected chi connectivity index (χ2v) is 3.87. The van der Waals surface area contributed by atoms with Gasteiger partial charge in [-0.2, -0.15) is 0 Å². The molecule has 0 aliphatic heterocycles. The van der Waals surface area contributed by atoms with Gasteiger partial charge < -0.3 is 15.0 Å². The van der Waals surface area contributed by atoms with Crippen LogP contribution in [0.5, 0.6) is 0 Å². The summed E-state index contributed by atoms with van der Waals surface area (Å²) in [5.41, 5.74) is 0. The Hall–Kier alpha value is -1.36.